The molecule has 0 aromatic heterocycles. The van der Waals surface area contributed by atoms with Crippen LogP contribution in [0, 0.1) is 5.82 Å². The molecule has 7 heteroatoms. The first-order valence-corrected chi connectivity index (χ1v) is 7.31. The molecule has 0 fully saturated rings. The van der Waals surface area contributed by atoms with E-state index >= 15 is 0 Å². The van der Waals surface area contributed by atoms with E-state index in [9.17, 15) is 12.8 Å². The highest BCUT2D eigenvalue weighted by Crippen LogP contribution is 2.22. The third kappa shape index (κ3) is 3.41. The van der Waals surface area contributed by atoms with E-state index in [-0.39, 0.29) is 24.7 Å². The third-order valence-corrected chi connectivity index (χ3v) is 4.50. The first kappa shape index (κ1) is 15.4. The van der Waals surface area contributed by atoms with Crippen molar-refractivity contribution < 1.29 is 17.9 Å². The molecule has 0 aliphatic heterocycles. The summed E-state index contributed by atoms with van der Waals surface area (Å²) in [6, 6.07) is 3.41. The van der Waals surface area contributed by atoms with E-state index in [0.29, 0.717) is 6.42 Å². The maximum atomic E-state index is 13.6. The Hall–Kier alpha value is -0.690. The van der Waals surface area contributed by atoms with Gasteiger partial charge in [0.15, 0.2) is 0 Å². The first-order chi connectivity index (χ1) is 8.43. The summed E-state index contributed by atoms with van der Waals surface area (Å²) in [7, 11) is -3.93. The van der Waals surface area contributed by atoms with Crippen molar-refractivity contribution in [3.05, 3.63) is 29.0 Å². The molecule has 0 saturated carbocycles. The molecule has 1 aromatic rings. The van der Waals surface area contributed by atoms with E-state index in [1.54, 1.807) is 6.92 Å². The quantitative estimate of drug-likeness (QED) is 0.872. The Bertz CT molecular complexity index is 501. The van der Waals surface area contributed by atoms with Crippen LogP contribution < -0.4 is 0 Å². The Labute approximate surface area is 111 Å². The van der Waals surface area contributed by atoms with E-state index in [4.69, 9.17) is 16.7 Å². The van der Waals surface area contributed by atoms with E-state index in [1.807, 2.05) is 0 Å². The van der Waals surface area contributed by atoms with Crippen molar-refractivity contribution in [2.24, 2.45) is 0 Å². The van der Waals surface area contributed by atoms with Gasteiger partial charge in [0.25, 0.3) is 0 Å². The summed E-state index contributed by atoms with van der Waals surface area (Å²) in [4.78, 5) is -0.422. The lowest BCUT2D eigenvalue weighted by atomic mass is 10.3. The van der Waals surface area contributed by atoms with Crippen LogP contribution in [0.5, 0.6) is 0 Å². The van der Waals surface area contributed by atoms with Gasteiger partial charge >= 0.3 is 0 Å². The fourth-order valence-electron chi connectivity index (χ4n) is 1.54. The normalized spacial score (nSPS) is 12.1. The molecule has 0 amide bonds. The highest BCUT2D eigenvalue weighted by atomic mass is 35.5. The van der Waals surface area contributed by atoms with Gasteiger partial charge in [-0.3, -0.25) is 0 Å². The zero-order chi connectivity index (χ0) is 13.8. The number of benzene rings is 1. The van der Waals surface area contributed by atoms with E-state index in [0.717, 1.165) is 16.4 Å². The van der Waals surface area contributed by atoms with Gasteiger partial charge in [-0.25, -0.2) is 12.8 Å². The van der Waals surface area contributed by atoms with Crippen molar-refractivity contribution in [2.45, 2.75) is 18.2 Å². The van der Waals surface area contributed by atoms with Gasteiger partial charge < -0.3 is 5.11 Å². The topological polar surface area (TPSA) is 57.6 Å². The second kappa shape index (κ2) is 6.47. The summed E-state index contributed by atoms with van der Waals surface area (Å²) in [6.45, 7) is 1.66. The number of hydrogen-bond acceptors (Lipinski definition) is 3. The van der Waals surface area contributed by atoms with Crippen LogP contribution in [-0.4, -0.2) is 37.5 Å². The van der Waals surface area contributed by atoms with Crippen LogP contribution in [0.1, 0.15) is 13.3 Å². The molecule has 0 aliphatic carbocycles. The number of rotatable bonds is 6. The van der Waals surface area contributed by atoms with E-state index in [1.165, 1.54) is 6.07 Å². The van der Waals surface area contributed by atoms with E-state index in [2.05, 4.69) is 0 Å². The number of halogens is 2. The van der Waals surface area contributed by atoms with Crippen molar-refractivity contribution >= 4 is 21.6 Å². The fourth-order valence-corrected chi connectivity index (χ4v) is 3.26. The van der Waals surface area contributed by atoms with Crippen molar-refractivity contribution in [3.8, 4) is 0 Å². The smallest absolute Gasteiger partial charge is 0.246 e. The number of nitrogens with zero attached hydrogens (tertiary/aromatic N) is 1. The molecule has 0 spiro atoms. The van der Waals surface area contributed by atoms with Crippen molar-refractivity contribution in [1.82, 2.24) is 4.31 Å². The van der Waals surface area contributed by atoms with Gasteiger partial charge in [-0.15, -0.1) is 0 Å². The summed E-state index contributed by atoms with van der Waals surface area (Å²) < 4.78 is 39.0. The molecule has 0 atom stereocenters. The van der Waals surface area contributed by atoms with Gasteiger partial charge in [-0.2, -0.15) is 4.31 Å². The molecular formula is C11H15ClFNO3S. The van der Waals surface area contributed by atoms with Crippen LogP contribution >= 0.6 is 11.6 Å². The van der Waals surface area contributed by atoms with Crippen LogP contribution in [0.15, 0.2) is 23.1 Å². The average molecular weight is 296 g/mol. The summed E-state index contributed by atoms with van der Waals surface area (Å²) in [6.07, 6.45) is 0.578. The van der Waals surface area contributed by atoms with Crippen LogP contribution in [0.4, 0.5) is 4.39 Å². The van der Waals surface area contributed by atoms with Crippen LogP contribution in [0.2, 0.25) is 5.02 Å². The summed E-state index contributed by atoms with van der Waals surface area (Å²) in [5.74, 6) is -0.887. The first-order valence-electron chi connectivity index (χ1n) is 5.49. The lowest BCUT2D eigenvalue weighted by Crippen LogP contribution is -2.34. The van der Waals surface area contributed by atoms with Crippen LogP contribution in [-0.2, 0) is 10.0 Å². The molecule has 0 saturated heterocycles. The van der Waals surface area contributed by atoms with Gasteiger partial charge in [-0.05, 0) is 24.6 Å². The van der Waals surface area contributed by atoms with Crippen molar-refractivity contribution in [1.29, 1.82) is 0 Å². The highest BCUT2D eigenvalue weighted by Gasteiger charge is 2.26. The molecule has 0 heterocycles. The molecule has 0 bridgehead atoms. The third-order valence-electron chi connectivity index (χ3n) is 2.33. The Morgan fingerprint density at radius 2 is 2.06 bits per heavy atom. The molecule has 0 radical (unpaired) electrons. The largest absolute Gasteiger partial charge is 0.395 e. The van der Waals surface area contributed by atoms with E-state index < -0.39 is 20.7 Å². The molecule has 0 aliphatic rings. The molecule has 18 heavy (non-hydrogen) atoms. The number of aliphatic hydroxyl groups is 1. The maximum Gasteiger partial charge on any atom is 0.246 e. The zero-order valence-electron chi connectivity index (χ0n) is 9.94. The predicted octanol–water partition coefficient (Wildman–Crippen LogP) is 1.87. The minimum Gasteiger partial charge on any atom is -0.395 e. The summed E-state index contributed by atoms with van der Waals surface area (Å²) >= 11 is 5.58. The molecular weight excluding hydrogens is 281 g/mol. The van der Waals surface area contributed by atoms with Gasteiger partial charge in [0.2, 0.25) is 10.0 Å². The average Bonchev–Trinajstić information content (AvgIpc) is 2.28. The highest BCUT2D eigenvalue weighted by molar-refractivity contribution is 7.89. The van der Waals surface area contributed by atoms with Crippen LogP contribution in [0.25, 0.3) is 0 Å². The molecule has 1 rings (SSSR count). The number of hydrogen-bond donors (Lipinski definition) is 1. The molecule has 1 aromatic carbocycles. The second-order valence-corrected chi connectivity index (χ2v) is 6.05. The minimum atomic E-state index is -3.93. The summed E-state index contributed by atoms with van der Waals surface area (Å²) in [5.41, 5.74) is 0. The van der Waals surface area contributed by atoms with Crippen molar-refractivity contribution in [2.75, 3.05) is 19.7 Å². The second-order valence-electron chi connectivity index (χ2n) is 3.70. The van der Waals surface area contributed by atoms with Crippen LogP contribution in [0.3, 0.4) is 0 Å². The number of aliphatic hydroxyl groups excluding tert-OH is 1. The van der Waals surface area contributed by atoms with Gasteiger partial charge in [0.1, 0.15) is 10.7 Å². The Balaban J connectivity index is 3.17. The Kier molecular flexibility index (Phi) is 5.52. The Morgan fingerprint density at radius 3 is 2.56 bits per heavy atom. The van der Waals surface area contributed by atoms with Gasteiger partial charge in [0.05, 0.1) is 6.61 Å². The fraction of sp³-hybridized carbons (Fsp3) is 0.455. The minimum absolute atomic E-state index is 0.0573. The monoisotopic (exact) mass is 295 g/mol. The lowest BCUT2D eigenvalue weighted by Gasteiger charge is -2.20. The predicted molar refractivity (Wildman–Crippen MR) is 67.5 cm³/mol. The van der Waals surface area contributed by atoms with Gasteiger partial charge in [0, 0.05) is 18.1 Å². The van der Waals surface area contributed by atoms with Crippen molar-refractivity contribution in [3.63, 3.8) is 0 Å². The molecule has 0 unspecified atom stereocenters. The molecule has 4 nitrogen and oxygen atoms in total. The summed E-state index contributed by atoms with van der Waals surface area (Å²) in [5, 5.41) is 9.00. The maximum absolute atomic E-state index is 13.6. The van der Waals surface area contributed by atoms with Gasteiger partial charge in [-0.1, -0.05) is 18.5 Å². The lowest BCUT2D eigenvalue weighted by molar-refractivity contribution is 0.253. The number of sulfonamides is 1. The molecule has 1 N–H and O–H groups in total. The standard InChI is InChI=1S/C11H15ClFNO3S/c1-2-5-14(6-7-15)18(16,17)11-4-3-9(12)8-10(11)13/h3-4,8,15H,2,5-7H2,1H3. The Morgan fingerprint density at radius 1 is 1.39 bits per heavy atom. The molecule has 102 valence electrons. The zero-order valence-corrected chi connectivity index (χ0v) is 11.5. The SMILES string of the molecule is CCCN(CCO)S(=O)(=O)c1ccc(Cl)cc1F.